The van der Waals surface area contributed by atoms with Gasteiger partial charge in [0.05, 0.1) is 0 Å². The van der Waals surface area contributed by atoms with Crippen molar-refractivity contribution in [1.82, 2.24) is 4.90 Å². The van der Waals surface area contributed by atoms with E-state index in [1.807, 2.05) is 0 Å². The third kappa shape index (κ3) is 3.16. The molecule has 0 bridgehead atoms. The molecule has 1 heterocycles. The van der Waals surface area contributed by atoms with Gasteiger partial charge < -0.3 is 4.90 Å². The molecule has 0 fully saturated rings. The zero-order valence-corrected chi connectivity index (χ0v) is 11.9. The Kier molecular flexibility index (Phi) is 4.11. The van der Waals surface area contributed by atoms with Gasteiger partial charge in [-0.1, -0.05) is 50.3 Å². The molecular weight excluding hydrogens is 218 g/mol. The lowest BCUT2D eigenvalue weighted by Gasteiger charge is -2.33. The van der Waals surface area contributed by atoms with Gasteiger partial charge in [-0.05, 0) is 37.2 Å². The summed E-state index contributed by atoms with van der Waals surface area (Å²) in [5, 5.41) is 0. The fourth-order valence-corrected chi connectivity index (χ4v) is 2.63. The van der Waals surface area contributed by atoms with Crippen molar-refractivity contribution in [3.05, 3.63) is 47.7 Å². The maximum atomic E-state index is 2.54. The molecule has 1 aromatic rings. The van der Waals surface area contributed by atoms with Crippen LogP contribution in [0.2, 0.25) is 0 Å². The monoisotopic (exact) mass is 243 g/mol. The standard InChI is InChI=1S/C17H25N/c1-15-9-7-8-13-18(15)14-12-17(2,3)16-10-5-4-6-11-16/h4-6,9-11H,7-8,12-14H2,1-3H3. The fraction of sp³-hybridized carbons (Fsp3) is 0.529. The Bertz CT molecular complexity index is 403. The molecule has 1 aliphatic rings. The molecule has 0 radical (unpaired) electrons. The summed E-state index contributed by atoms with van der Waals surface area (Å²) in [7, 11) is 0. The highest BCUT2D eigenvalue weighted by Gasteiger charge is 2.21. The molecule has 1 aliphatic heterocycles. The van der Waals surface area contributed by atoms with Gasteiger partial charge in [-0.2, -0.15) is 0 Å². The molecule has 2 rings (SSSR count). The van der Waals surface area contributed by atoms with Crippen LogP contribution in [0.3, 0.4) is 0 Å². The predicted molar refractivity (Wildman–Crippen MR) is 78.6 cm³/mol. The zero-order valence-electron chi connectivity index (χ0n) is 11.9. The quantitative estimate of drug-likeness (QED) is 0.759. The summed E-state index contributed by atoms with van der Waals surface area (Å²) in [6.07, 6.45) is 6.15. The van der Waals surface area contributed by atoms with Crippen molar-refractivity contribution in [2.45, 2.75) is 45.4 Å². The van der Waals surface area contributed by atoms with E-state index >= 15 is 0 Å². The Morgan fingerprint density at radius 3 is 2.56 bits per heavy atom. The molecule has 0 aliphatic carbocycles. The van der Waals surface area contributed by atoms with Crippen LogP contribution >= 0.6 is 0 Å². The van der Waals surface area contributed by atoms with E-state index in [9.17, 15) is 0 Å². The first-order valence-corrected chi connectivity index (χ1v) is 7.07. The summed E-state index contributed by atoms with van der Waals surface area (Å²) in [5.41, 5.74) is 3.17. The van der Waals surface area contributed by atoms with Crippen molar-refractivity contribution in [3.63, 3.8) is 0 Å². The van der Waals surface area contributed by atoms with Gasteiger partial charge in [0.15, 0.2) is 0 Å². The SMILES string of the molecule is CC1=CCCCN1CCC(C)(C)c1ccccc1. The van der Waals surface area contributed by atoms with Gasteiger partial charge in [-0.3, -0.25) is 0 Å². The van der Waals surface area contributed by atoms with E-state index in [1.54, 1.807) is 0 Å². The molecule has 1 heteroatoms. The second kappa shape index (κ2) is 5.60. The highest BCUT2D eigenvalue weighted by Crippen LogP contribution is 2.28. The number of nitrogens with zero attached hydrogens (tertiary/aromatic N) is 1. The highest BCUT2D eigenvalue weighted by molar-refractivity contribution is 5.23. The number of rotatable bonds is 4. The van der Waals surface area contributed by atoms with Gasteiger partial charge in [-0.25, -0.2) is 0 Å². The number of allylic oxidation sites excluding steroid dienone is 2. The summed E-state index contributed by atoms with van der Waals surface area (Å²) < 4.78 is 0. The van der Waals surface area contributed by atoms with Crippen LogP contribution in [0.4, 0.5) is 0 Å². The van der Waals surface area contributed by atoms with E-state index in [4.69, 9.17) is 0 Å². The molecule has 0 aromatic heterocycles. The third-order valence-electron chi connectivity index (χ3n) is 4.13. The molecular formula is C17H25N. The first-order chi connectivity index (χ1) is 8.59. The first kappa shape index (κ1) is 13.2. The van der Waals surface area contributed by atoms with E-state index < -0.39 is 0 Å². The van der Waals surface area contributed by atoms with Crippen LogP contribution in [0.25, 0.3) is 0 Å². The minimum atomic E-state index is 0.263. The first-order valence-electron chi connectivity index (χ1n) is 7.07. The molecule has 0 saturated carbocycles. The molecule has 0 atom stereocenters. The highest BCUT2D eigenvalue weighted by atomic mass is 15.1. The Labute approximate surface area is 112 Å². The predicted octanol–water partition coefficient (Wildman–Crippen LogP) is 4.35. The average Bonchev–Trinajstić information content (AvgIpc) is 2.39. The second-order valence-electron chi connectivity index (χ2n) is 5.97. The molecule has 0 unspecified atom stereocenters. The summed E-state index contributed by atoms with van der Waals surface area (Å²) >= 11 is 0. The van der Waals surface area contributed by atoms with E-state index in [0.717, 1.165) is 0 Å². The summed E-state index contributed by atoms with van der Waals surface area (Å²) in [6.45, 7) is 9.35. The van der Waals surface area contributed by atoms with Gasteiger partial charge >= 0.3 is 0 Å². The van der Waals surface area contributed by atoms with Crippen molar-refractivity contribution >= 4 is 0 Å². The van der Waals surface area contributed by atoms with Crippen LogP contribution in [0.15, 0.2) is 42.1 Å². The van der Waals surface area contributed by atoms with Gasteiger partial charge in [0, 0.05) is 18.8 Å². The number of hydrogen-bond donors (Lipinski definition) is 0. The smallest absolute Gasteiger partial charge is 0.0183 e. The summed E-state index contributed by atoms with van der Waals surface area (Å²) in [6, 6.07) is 10.9. The van der Waals surface area contributed by atoms with Gasteiger partial charge in [0.25, 0.3) is 0 Å². The maximum Gasteiger partial charge on any atom is 0.0183 e. The van der Waals surface area contributed by atoms with E-state index in [-0.39, 0.29) is 5.41 Å². The number of hydrogen-bond acceptors (Lipinski definition) is 1. The molecule has 0 spiro atoms. The minimum Gasteiger partial charge on any atom is -0.375 e. The molecule has 18 heavy (non-hydrogen) atoms. The van der Waals surface area contributed by atoms with Crippen molar-refractivity contribution in [3.8, 4) is 0 Å². The van der Waals surface area contributed by atoms with Gasteiger partial charge in [0.2, 0.25) is 0 Å². The Hall–Kier alpha value is -1.24. The van der Waals surface area contributed by atoms with E-state index in [2.05, 4.69) is 62.1 Å². The van der Waals surface area contributed by atoms with Crippen molar-refractivity contribution in [2.75, 3.05) is 13.1 Å². The Balaban J connectivity index is 1.97. The molecule has 1 nitrogen and oxygen atoms in total. The Morgan fingerprint density at radius 2 is 1.89 bits per heavy atom. The molecule has 0 saturated heterocycles. The topological polar surface area (TPSA) is 3.24 Å². The van der Waals surface area contributed by atoms with Gasteiger partial charge in [0.1, 0.15) is 0 Å². The molecule has 0 N–H and O–H groups in total. The van der Waals surface area contributed by atoms with Crippen LogP contribution < -0.4 is 0 Å². The summed E-state index contributed by atoms with van der Waals surface area (Å²) in [4.78, 5) is 2.54. The number of benzene rings is 1. The van der Waals surface area contributed by atoms with Crippen molar-refractivity contribution in [2.24, 2.45) is 0 Å². The van der Waals surface area contributed by atoms with Crippen LogP contribution in [0, 0.1) is 0 Å². The fourth-order valence-electron chi connectivity index (χ4n) is 2.63. The lowest BCUT2D eigenvalue weighted by Crippen LogP contribution is -2.31. The van der Waals surface area contributed by atoms with E-state index in [1.165, 1.54) is 43.6 Å². The normalized spacial score (nSPS) is 16.6. The summed E-state index contributed by atoms with van der Waals surface area (Å²) in [5.74, 6) is 0. The third-order valence-corrected chi connectivity index (χ3v) is 4.13. The molecule has 1 aromatic carbocycles. The zero-order chi connectivity index (χ0) is 13.0. The molecule has 98 valence electrons. The lowest BCUT2D eigenvalue weighted by molar-refractivity contribution is 0.288. The van der Waals surface area contributed by atoms with Crippen LogP contribution in [-0.2, 0) is 5.41 Å². The minimum absolute atomic E-state index is 0.263. The van der Waals surface area contributed by atoms with Gasteiger partial charge in [-0.15, -0.1) is 0 Å². The average molecular weight is 243 g/mol. The van der Waals surface area contributed by atoms with Crippen molar-refractivity contribution in [1.29, 1.82) is 0 Å². The van der Waals surface area contributed by atoms with Crippen LogP contribution in [-0.4, -0.2) is 18.0 Å². The van der Waals surface area contributed by atoms with E-state index in [0.29, 0.717) is 0 Å². The lowest BCUT2D eigenvalue weighted by atomic mass is 9.81. The van der Waals surface area contributed by atoms with Crippen LogP contribution in [0.5, 0.6) is 0 Å². The Morgan fingerprint density at radius 1 is 1.17 bits per heavy atom. The largest absolute Gasteiger partial charge is 0.375 e. The second-order valence-corrected chi connectivity index (χ2v) is 5.97. The maximum absolute atomic E-state index is 2.54. The molecule has 0 amide bonds. The van der Waals surface area contributed by atoms with Crippen molar-refractivity contribution < 1.29 is 0 Å². The van der Waals surface area contributed by atoms with Crippen LogP contribution in [0.1, 0.15) is 45.6 Å².